The largest absolute Gasteiger partial charge is 0.372 e. The topological polar surface area (TPSA) is 32.3 Å². The molecule has 1 amide bonds. The minimum Gasteiger partial charge on any atom is -0.372 e. The van der Waals surface area contributed by atoms with E-state index in [4.69, 9.17) is 0 Å². The van der Waals surface area contributed by atoms with Gasteiger partial charge in [0.05, 0.1) is 5.75 Å². The number of hydrogen-bond donors (Lipinski definition) is 2. The quantitative estimate of drug-likeness (QED) is 0.772. The Labute approximate surface area is 102 Å². The normalized spacial score (nSPS) is 9.94. The molecule has 0 unspecified atom stereocenters. The van der Waals surface area contributed by atoms with Gasteiger partial charge in [-0.05, 0) is 38.1 Å². The lowest BCUT2D eigenvalue weighted by Gasteiger charge is -2.21. The molecule has 16 heavy (non-hydrogen) atoms. The molecule has 0 saturated carbocycles. The lowest BCUT2D eigenvalue weighted by atomic mass is 10.2. The van der Waals surface area contributed by atoms with E-state index in [1.165, 1.54) is 5.69 Å². The van der Waals surface area contributed by atoms with Gasteiger partial charge in [-0.2, -0.15) is 12.6 Å². The van der Waals surface area contributed by atoms with Gasteiger partial charge in [0.25, 0.3) is 0 Å². The van der Waals surface area contributed by atoms with Gasteiger partial charge in [0, 0.05) is 24.5 Å². The second-order valence-electron chi connectivity index (χ2n) is 3.43. The highest BCUT2D eigenvalue weighted by Crippen LogP contribution is 2.17. The number of nitrogens with one attached hydrogen (secondary N) is 1. The summed E-state index contributed by atoms with van der Waals surface area (Å²) in [5, 5.41) is 2.76. The maximum Gasteiger partial charge on any atom is 0.234 e. The highest BCUT2D eigenvalue weighted by atomic mass is 32.1. The molecule has 0 atom stereocenters. The molecule has 0 aromatic heterocycles. The minimum absolute atomic E-state index is 0.0843. The zero-order chi connectivity index (χ0) is 12.0. The Balaban J connectivity index is 2.70. The van der Waals surface area contributed by atoms with Crippen molar-refractivity contribution in [1.29, 1.82) is 0 Å². The van der Waals surface area contributed by atoms with E-state index >= 15 is 0 Å². The van der Waals surface area contributed by atoms with Crippen molar-refractivity contribution in [2.45, 2.75) is 13.8 Å². The molecule has 3 nitrogen and oxygen atoms in total. The van der Waals surface area contributed by atoms with Gasteiger partial charge in [-0.15, -0.1) is 0 Å². The molecular weight excluding hydrogens is 220 g/mol. The van der Waals surface area contributed by atoms with Crippen molar-refractivity contribution in [3.63, 3.8) is 0 Å². The van der Waals surface area contributed by atoms with Gasteiger partial charge >= 0.3 is 0 Å². The van der Waals surface area contributed by atoms with Crippen molar-refractivity contribution in [2.24, 2.45) is 0 Å². The smallest absolute Gasteiger partial charge is 0.234 e. The van der Waals surface area contributed by atoms with Crippen LogP contribution in [0.4, 0.5) is 11.4 Å². The van der Waals surface area contributed by atoms with E-state index in [1.54, 1.807) is 0 Å². The van der Waals surface area contributed by atoms with Gasteiger partial charge < -0.3 is 10.2 Å². The lowest BCUT2D eigenvalue weighted by Crippen LogP contribution is -2.21. The van der Waals surface area contributed by atoms with E-state index < -0.39 is 0 Å². The predicted octanol–water partition coefficient (Wildman–Crippen LogP) is 2.40. The molecule has 1 aromatic rings. The molecule has 1 N–H and O–H groups in total. The van der Waals surface area contributed by atoms with Crippen molar-refractivity contribution >= 4 is 29.9 Å². The lowest BCUT2D eigenvalue weighted by molar-refractivity contribution is -0.113. The molecule has 0 spiro atoms. The number of rotatable bonds is 5. The zero-order valence-electron chi connectivity index (χ0n) is 9.73. The van der Waals surface area contributed by atoms with Crippen molar-refractivity contribution in [2.75, 3.05) is 29.1 Å². The molecule has 1 aromatic carbocycles. The molecule has 0 aliphatic carbocycles. The van der Waals surface area contributed by atoms with Crippen LogP contribution in [0.3, 0.4) is 0 Å². The highest BCUT2D eigenvalue weighted by molar-refractivity contribution is 7.81. The first-order chi connectivity index (χ1) is 7.71. The number of anilines is 2. The van der Waals surface area contributed by atoms with Crippen molar-refractivity contribution in [3.05, 3.63) is 24.3 Å². The summed E-state index contributed by atoms with van der Waals surface area (Å²) in [7, 11) is 0. The summed E-state index contributed by atoms with van der Waals surface area (Å²) in [5.41, 5.74) is 1.99. The summed E-state index contributed by atoms with van der Waals surface area (Å²) in [6.07, 6.45) is 0. The number of hydrogen-bond acceptors (Lipinski definition) is 3. The van der Waals surface area contributed by atoms with E-state index in [2.05, 4.69) is 36.7 Å². The molecule has 0 aliphatic heterocycles. The second-order valence-corrected chi connectivity index (χ2v) is 3.74. The van der Waals surface area contributed by atoms with Crippen molar-refractivity contribution < 1.29 is 4.79 Å². The molecule has 0 fully saturated rings. The molecule has 88 valence electrons. The summed E-state index contributed by atoms with van der Waals surface area (Å²) < 4.78 is 0. The van der Waals surface area contributed by atoms with Crippen LogP contribution in [0.1, 0.15) is 13.8 Å². The fourth-order valence-corrected chi connectivity index (χ4v) is 1.62. The Morgan fingerprint density at radius 1 is 1.25 bits per heavy atom. The summed E-state index contributed by atoms with van der Waals surface area (Å²) in [4.78, 5) is 13.4. The Morgan fingerprint density at radius 3 is 2.25 bits per heavy atom. The number of benzene rings is 1. The monoisotopic (exact) mass is 238 g/mol. The number of thiol groups is 1. The molecule has 0 heterocycles. The third-order valence-electron chi connectivity index (χ3n) is 2.42. The minimum atomic E-state index is -0.0843. The van der Waals surface area contributed by atoms with Gasteiger partial charge in [-0.25, -0.2) is 0 Å². The number of amides is 1. The number of carbonyl (C=O) groups is 1. The fourth-order valence-electron chi connectivity index (χ4n) is 1.54. The van der Waals surface area contributed by atoms with Crippen LogP contribution in [0.25, 0.3) is 0 Å². The van der Waals surface area contributed by atoms with Gasteiger partial charge in [0.1, 0.15) is 0 Å². The average Bonchev–Trinajstić information content (AvgIpc) is 2.32. The summed E-state index contributed by atoms with van der Waals surface area (Å²) in [5.74, 6) is 0.122. The van der Waals surface area contributed by atoms with Crippen molar-refractivity contribution in [1.82, 2.24) is 0 Å². The Morgan fingerprint density at radius 2 is 1.81 bits per heavy atom. The number of nitrogens with zero attached hydrogens (tertiary/aromatic N) is 1. The third-order valence-corrected chi connectivity index (χ3v) is 2.71. The van der Waals surface area contributed by atoms with Gasteiger partial charge in [-0.1, -0.05) is 0 Å². The predicted molar refractivity (Wildman–Crippen MR) is 72.5 cm³/mol. The summed E-state index contributed by atoms with van der Waals surface area (Å²) in [6.45, 7) is 6.22. The SMILES string of the molecule is CCN(CC)c1ccc(NC(=O)CS)cc1. The standard InChI is InChI=1S/C12H18N2OS/c1-3-14(4-2)11-7-5-10(6-8-11)13-12(15)9-16/h5-8,16H,3-4,9H2,1-2H3,(H,13,15). The van der Waals surface area contributed by atoms with E-state index in [0.29, 0.717) is 0 Å². The highest BCUT2D eigenvalue weighted by Gasteiger charge is 2.02. The molecular formula is C12H18N2OS. The van der Waals surface area contributed by atoms with Crippen LogP contribution in [-0.2, 0) is 4.79 Å². The van der Waals surface area contributed by atoms with Crippen LogP contribution in [0.15, 0.2) is 24.3 Å². The first-order valence-electron chi connectivity index (χ1n) is 5.47. The van der Waals surface area contributed by atoms with Gasteiger partial charge in [0.15, 0.2) is 0 Å². The summed E-state index contributed by atoms with van der Waals surface area (Å²) in [6, 6.07) is 7.85. The Bertz CT molecular complexity index is 333. The molecule has 0 radical (unpaired) electrons. The average molecular weight is 238 g/mol. The van der Waals surface area contributed by atoms with Crippen LogP contribution >= 0.6 is 12.6 Å². The van der Waals surface area contributed by atoms with Gasteiger partial charge in [0.2, 0.25) is 5.91 Å². The third kappa shape index (κ3) is 3.45. The molecule has 0 saturated heterocycles. The van der Waals surface area contributed by atoms with E-state index in [0.717, 1.165) is 18.8 Å². The Hall–Kier alpha value is -1.16. The van der Waals surface area contributed by atoms with E-state index in [9.17, 15) is 4.79 Å². The summed E-state index contributed by atoms with van der Waals surface area (Å²) >= 11 is 3.91. The molecule has 4 heteroatoms. The van der Waals surface area contributed by atoms with Crippen LogP contribution in [0.2, 0.25) is 0 Å². The maximum absolute atomic E-state index is 11.1. The first kappa shape index (κ1) is 12.9. The van der Waals surface area contributed by atoms with E-state index in [-0.39, 0.29) is 11.7 Å². The molecule has 0 bridgehead atoms. The van der Waals surface area contributed by atoms with Crippen LogP contribution in [-0.4, -0.2) is 24.7 Å². The van der Waals surface area contributed by atoms with Gasteiger partial charge in [-0.3, -0.25) is 4.79 Å². The van der Waals surface area contributed by atoms with E-state index in [1.807, 2.05) is 24.3 Å². The van der Waals surface area contributed by atoms with Crippen molar-refractivity contribution in [3.8, 4) is 0 Å². The van der Waals surface area contributed by atoms with Crippen LogP contribution in [0.5, 0.6) is 0 Å². The first-order valence-corrected chi connectivity index (χ1v) is 6.10. The maximum atomic E-state index is 11.1. The zero-order valence-corrected chi connectivity index (χ0v) is 10.6. The van der Waals surface area contributed by atoms with Crippen LogP contribution < -0.4 is 10.2 Å². The Kier molecular flexibility index (Phi) is 5.19. The molecule has 1 rings (SSSR count). The van der Waals surface area contributed by atoms with Crippen LogP contribution in [0, 0.1) is 0 Å². The number of carbonyl (C=O) groups excluding carboxylic acids is 1. The molecule has 0 aliphatic rings. The fraction of sp³-hybridized carbons (Fsp3) is 0.417. The second kappa shape index (κ2) is 6.43.